The first-order valence-electron chi connectivity index (χ1n) is 28.5. The van der Waals surface area contributed by atoms with Gasteiger partial charge in [0.25, 0.3) is 0 Å². The molecule has 9 aliphatic rings. The van der Waals surface area contributed by atoms with Crippen LogP contribution in [0.5, 0.6) is 0 Å². The Hall–Kier alpha value is -1.43. The molecular formula is C55H85NaO26S. The predicted octanol–water partition coefficient (Wildman–Crippen LogP) is -3.75. The summed E-state index contributed by atoms with van der Waals surface area (Å²) in [4.78, 5) is 27.4. The van der Waals surface area contributed by atoms with Crippen molar-refractivity contribution in [1.29, 1.82) is 0 Å². The third kappa shape index (κ3) is 12.1. The molecule has 27 atom stereocenters. The summed E-state index contributed by atoms with van der Waals surface area (Å²) in [6.07, 6.45) is -23.2. The van der Waals surface area contributed by atoms with Crippen LogP contribution in [-0.2, 0) is 76.3 Å². The van der Waals surface area contributed by atoms with Gasteiger partial charge in [-0.05, 0) is 94.8 Å². The van der Waals surface area contributed by atoms with Crippen molar-refractivity contribution in [3.05, 3.63) is 23.3 Å². The van der Waals surface area contributed by atoms with E-state index in [9.17, 15) is 68.5 Å². The Bertz CT molecular complexity index is 2480. The zero-order chi connectivity index (χ0) is 60.0. The van der Waals surface area contributed by atoms with Crippen LogP contribution < -0.4 is 29.6 Å². The second kappa shape index (κ2) is 25.5. The minimum Gasteiger partial charge on any atom is -0.726 e. The van der Waals surface area contributed by atoms with Gasteiger partial charge in [0, 0.05) is 19.4 Å². The quantitative estimate of drug-likeness (QED) is 0.0222. The van der Waals surface area contributed by atoms with Gasteiger partial charge in [0.1, 0.15) is 97.2 Å². The molecule has 0 bridgehead atoms. The maximum atomic E-state index is 14.7. The first-order valence-corrected chi connectivity index (χ1v) is 29.8. The molecule has 468 valence electrons. The second-order valence-corrected chi connectivity index (χ2v) is 26.6. The molecule has 4 aliphatic carbocycles. The fourth-order valence-corrected chi connectivity index (χ4v) is 16.8. The van der Waals surface area contributed by atoms with E-state index in [-0.39, 0.29) is 58.7 Å². The molecule has 3 saturated carbocycles. The van der Waals surface area contributed by atoms with Crippen molar-refractivity contribution < 1.29 is 154 Å². The molecule has 0 aromatic carbocycles. The van der Waals surface area contributed by atoms with Gasteiger partial charge < -0.3 is 103 Å². The van der Waals surface area contributed by atoms with Gasteiger partial charge >= 0.3 is 41.5 Å². The van der Waals surface area contributed by atoms with Crippen LogP contribution in [0.4, 0.5) is 0 Å². The van der Waals surface area contributed by atoms with E-state index in [1.54, 1.807) is 0 Å². The third-order valence-corrected chi connectivity index (χ3v) is 20.7. The van der Waals surface area contributed by atoms with E-state index in [4.69, 9.17) is 52.1 Å². The number of fused-ring (bicyclic) bond motifs is 4. The normalized spacial score (nSPS) is 48.5. The van der Waals surface area contributed by atoms with Crippen molar-refractivity contribution in [2.45, 2.75) is 235 Å². The smallest absolute Gasteiger partial charge is 0.726 e. The Kier molecular flexibility index (Phi) is 20.7. The van der Waals surface area contributed by atoms with Crippen molar-refractivity contribution in [3.63, 3.8) is 0 Å². The van der Waals surface area contributed by atoms with Crippen LogP contribution >= 0.6 is 0 Å². The summed E-state index contributed by atoms with van der Waals surface area (Å²) in [6, 6.07) is 0. The molecule has 0 aromatic rings. The fourth-order valence-electron chi connectivity index (χ4n) is 16.3. The van der Waals surface area contributed by atoms with Crippen LogP contribution in [0.1, 0.15) is 107 Å². The molecule has 9 N–H and O–H groups in total. The first kappa shape index (κ1) is 67.5. The predicted molar refractivity (Wildman–Crippen MR) is 275 cm³/mol. The number of esters is 2. The number of aliphatic hydroxyl groups excluding tert-OH is 9. The van der Waals surface area contributed by atoms with Crippen molar-refractivity contribution in [1.82, 2.24) is 0 Å². The molecule has 0 radical (unpaired) electrons. The second-order valence-electron chi connectivity index (χ2n) is 25.6. The number of carbonyl (C=O) groups excluding carboxylic acids is 2. The maximum absolute atomic E-state index is 14.7. The molecule has 26 nitrogen and oxygen atoms in total. The van der Waals surface area contributed by atoms with Gasteiger partial charge in [-0.1, -0.05) is 51.0 Å². The fraction of sp³-hybridized carbons (Fsp3) is 0.891. The van der Waals surface area contributed by atoms with E-state index in [2.05, 4.69) is 44.0 Å². The number of carbonyl (C=O) groups is 2. The molecule has 9 unspecified atom stereocenters. The number of methoxy groups -OCH3 is 1. The van der Waals surface area contributed by atoms with Crippen LogP contribution in [0.2, 0.25) is 0 Å². The molecule has 8 fully saturated rings. The van der Waals surface area contributed by atoms with Crippen LogP contribution in [0, 0.1) is 39.4 Å². The molecule has 9 rings (SSSR count). The summed E-state index contributed by atoms with van der Waals surface area (Å²) < 4.78 is 106. The summed E-state index contributed by atoms with van der Waals surface area (Å²) in [5, 5.41) is 99.0. The largest absolute Gasteiger partial charge is 1.00 e. The zero-order valence-electron chi connectivity index (χ0n) is 48.8. The monoisotopic (exact) mass is 1220 g/mol. The van der Waals surface area contributed by atoms with Gasteiger partial charge in [-0.25, -0.2) is 8.42 Å². The maximum Gasteiger partial charge on any atom is 1.00 e. The number of hydrogen-bond acceptors (Lipinski definition) is 26. The van der Waals surface area contributed by atoms with Crippen molar-refractivity contribution in [3.8, 4) is 0 Å². The minimum absolute atomic E-state index is 0. The number of aliphatic hydroxyl groups is 9. The summed E-state index contributed by atoms with van der Waals surface area (Å²) in [5.74, 6) is -1.07. The van der Waals surface area contributed by atoms with Gasteiger partial charge in [-0.2, -0.15) is 0 Å². The van der Waals surface area contributed by atoms with E-state index in [0.29, 0.717) is 51.4 Å². The number of allylic oxidation sites excluding steroid dienone is 4. The van der Waals surface area contributed by atoms with E-state index in [1.807, 2.05) is 20.8 Å². The Morgan fingerprint density at radius 2 is 1.37 bits per heavy atom. The molecule has 5 saturated heterocycles. The van der Waals surface area contributed by atoms with E-state index >= 15 is 0 Å². The minimum atomic E-state index is -5.45. The summed E-state index contributed by atoms with van der Waals surface area (Å²) in [7, 11) is -4.26. The van der Waals surface area contributed by atoms with Gasteiger partial charge in [0.15, 0.2) is 25.2 Å². The van der Waals surface area contributed by atoms with E-state index in [1.165, 1.54) is 14.0 Å². The topological polar surface area (TPSA) is 384 Å². The van der Waals surface area contributed by atoms with E-state index < -0.39 is 187 Å². The van der Waals surface area contributed by atoms with Gasteiger partial charge in [-0.15, -0.1) is 0 Å². The Morgan fingerprint density at radius 3 is 2.01 bits per heavy atom. The van der Waals surface area contributed by atoms with E-state index in [0.717, 1.165) is 11.1 Å². The standard InChI is InChI=1S/C55H86O26S.Na/c1-24(2)11-10-16-54(8)45-29(73-25(3)58)19-53(7)27-12-13-33-51(4,5)34(15-17-52(33,6)26(27)14-18-55(45,53)50(66)80-54)76-49-44(36(61)32(23-72-49)81-82(67,68)69)79-47-38(63)37(62)42(31(21-57)75-47)78-46-39(64)41(28(59)22-71-46)77-48-40(65)43(70-9)35(60)30(20-56)74-48;/h11-12,26,28-49,56-57,59-65H,10,13-23H2,1-9H3,(H,67,68,69);/q;+1/p-1/t26?,28-,29+,30?,31?,32-,33?,34+,35-,36-,37+,38?,39?,40?,41-,42-,43-,44?,45-,46+,47+,48+,49+,52-,53+,54+,55?;/m1./s1. The van der Waals surface area contributed by atoms with Gasteiger partial charge in [0.2, 0.25) is 10.4 Å². The first-order chi connectivity index (χ1) is 38.4. The van der Waals surface area contributed by atoms with Crippen LogP contribution in [-0.4, -0.2) is 233 Å². The molecule has 83 heavy (non-hydrogen) atoms. The summed E-state index contributed by atoms with van der Waals surface area (Å²) in [5.41, 5.74) is -1.18. The van der Waals surface area contributed by atoms with Crippen molar-refractivity contribution in [2.24, 2.45) is 39.4 Å². The number of cyclic esters (lactones) is 1. The SMILES string of the molecule is CO[C@H]1C(O)[C@H](O[C@H]2C(O)[C@H](O[C@@H]3C(CO)O[C@@H](OC4[C@H](O[C@H]5CC[C@]6(C)C7CCC89C(=O)O[C@@](C)(CCC=C(C)C)[C@H]8[C@@H](OC(C)=O)C[C@@]9(C)C7=CCC6C5(C)C)OC[C@@H](OS(=O)(=O)[O-])[C@H]4O)C(O)[C@@H]3O)OC[C@H]2O)OC(CO)[C@H]1O.[Na+]. The number of rotatable bonds is 17. The van der Waals surface area contributed by atoms with Gasteiger partial charge in [0.05, 0.1) is 43.9 Å². The molecular weight excluding hydrogens is 1130 g/mol. The Labute approximate surface area is 505 Å². The molecule has 5 aliphatic heterocycles. The summed E-state index contributed by atoms with van der Waals surface area (Å²) >= 11 is 0. The van der Waals surface area contributed by atoms with Gasteiger partial charge in [-0.3, -0.25) is 13.8 Å². The summed E-state index contributed by atoms with van der Waals surface area (Å²) in [6.45, 7) is 13.1. The molecule has 0 aromatic heterocycles. The van der Waals surface area contributed by atoms with Crippen molar-refractivity contribution in [2.75, 3.05) is 33.5 Å². The zero-order valence-corrected chi connectivity index (χ0v) is 51.6. The third-order valence-electron chi connectivity index (χ3n) is 20.2. The van der Waals surface area contributed by atoms with Crippen LogP contribution in [0.25, 0.3) is 0 Å². The molecule has 1 spiro atoms. The number of hydrogen-bond donors (Lipinski definition) is 9. The molecule has 28 heteroatoms. The van der Waals surface area contributed by atoms with Crippen LogP contribution in [0.15, 0.2) is 23.3 Å². The molecule has 0 amide bonds. The van der Waals surface area contributed by atoms with Crippen molar-refractivity contribution >= 4 is 22.3 Å². The average molecular weight is 1220 g/mol. The Morgan fingerprint density at radius 1 is 0.747 bits per heavy atom. The average Bonchev–Trinajstić information content (AvgIpc) is 1.59. The van der Waals surface area contributed by atoms with Crippen LogP contribution in [0.3, 0.4) is 0 Å². The Balaban J connectivity index is 0.00000900. The number of ether oxygens (including phenoxy) is 11. The molecule has 5 heterocycles.